The number of hydrogen-bond acceptors (Lipinski definition) is 0. The Kier molecular flexibility index (Phi) is 23.6. The summed E-state index contributed by atoms with van der Waals surface area (Å²) in [6.45, 7) is 13.6. The normalized spacial score (nSPS) is 13.1. The van der Waals surface area contributed by atoms with Gasteiger partial charge < -0.3 is 5.53 Å². The van der Waals surface area contributed by atoms with Gasteiger partial charge in [-0.3, -0.25) is 0 Å². The van der Waals surface area contributed by atoms with Gasteiger partial charge in [-0.2, -0.15) is 0 Å². The molecule has 0 unspecified atom stereocenters. The molecular weight excluding hydrogens is 627 g/mol. The van der Waals surface area contributed by atoms with Crippen LogP contribution < -0.4 is 0 Å². The molecule has 2 aromatic rings. The van der Waals surface area contributed by atoms with Gasteiger partial charge in [0.15, 0.2) is 0 Å². The number of benzene rings is 2. The Balaban J connectivity index is 0.000000778. The molecular formula is C45H72N2Ni. The molecule has 2 aromatic carbocycles. The molecule has 0 saturated carbocycles. The van der Waals surface area contributed by atoms with Crippen molar-refractivity contribution in [3.05, 3.63) is 87.5 Å². The third-order valence-corrected chi connectivity index (χ3v) is 10.8. The summed E-state index contributed by atoms with van der Waals surface area (Å²) < 4.78 is 1.58. The fourth-order valence-electron chi connectivity index (χ4n) is 6.39. The summed E-state index contributed by atoms with van der Waals surface area (Å²) in [4.78, 5) is 0. The second-order valence-corrected chi connectivity index (χ2v) is 15.2. The fraction of sp³-hybridized carbons (Fsp3) is 0.644. The first-order chi connectivity index (χ1) is 23.6. The molecule has 0 fully saturated rings. The van der Waals surface area contributed by atoms with Crippen LogP contribution in [0.4, 0.5) is 0 Å². The number of nitrogens with zero attached hydrogens (tertiary/aromatic N) is 2. The van der Waals surface area contributed by atoms with Crippen molar-refractivity contribution in [2.75, 3.05) is 0 Å². The van der Waals surface area contributed by atoms with Crippen LogP contribution in [0, 0.1) is 0 Å². The Labute approximate surface area is 304 Å². The van der Waals surface area contributed by atoms with E-state index in [-0.39, 0.29) is 0 Å². The molecule has 0 amide bonds. The SMILES string of the molecule is CCCCCCCC1=C(c2cccc(CCCC)c2)[N+](=[N-])C(c2cccc(CCCC)c2)=C1CCCCCC.CCC[CH2][Ni][CH2]CCC. The molecule has 1 heterocycles. The summed E-state index contributed by atoms with van der Waals surface area (Å²) in [6.07, 6.45) is 25.9. The Hall–Kier alpha value is -1.99. The van der Waals surface area contributed by atoms with Crippen LogP contribution >= 0.6 is 0 Å². The van der Waals surface area contributed by atoms with Crippen LogP contribution in [0.25, 0.3) is 16.9 Å². The van der Waals surface area contributed by atoms with Gasteiger partial charge in [-0.15, -0.1) is 0 Å². The van der Waals surface area contributed by atoms with E-state index in [0.29, 0.717) is 0 Å². The van der Waals surface area contributed by atoms with Gasteiger partial charge in [0.05, 0.1) is 0 Å². The van der Waals surface area contributed by atoms with Gasteiger partial charge in [-0.05, 0) is 86.8 Å². The van der Waals surface area contributed by atoms with Crippen molar-refractivity contribution in [1.82, 2.24) is 0 Å². The quantitative estimate of drug-likeness (QED) is 0.0560. The molecule has 0 atom stereocenters. The van der Waals surface area contributed by atoms with Crippen molar-refractivity contribution in [2.45, 2.75) is 187 Å². The first-order valence-electron chi connectivity index (χ1n) is 20.1. The molecule has 0 aromatic heterocycles. The molecule has 1 aliphatic heterocycles. The zero-order chi connectivity index (χ0) is 34.8. The van der Waals surface area contributed by atoms with Gasteiger partial charge in [0.25, 0.3) is 0 Å². The van der Waals surface area contributed by atoms with E-state index in [2.05, 4.69) is 90.1 Å². The van der Waals surface area contributed by atoms with Crippen molar-refractivity contribution in [3.63, 3.8) is 0 Å². The molecule has 272 valence electrons. The zero-order valence-electron chi connectivity index (χ0n) is 32.1. The minimum atomic E-state index is 1.03. The molecule has 0 spiro atoms. The fourth-order valence-corrected chi connectivity index (χ4v) is 7.83. The number of hydrogen-bond donors (Lipinski definition) is 0. The first kappa shape index (κ1) is 42.2. The molecule has 3 rings (SSSR count). The summed E-state index contributed by atoms with van der Waals surface area (Å²) in [5.74, 6) is 0. The summed E-state index contributed by atoms with van der Waals surface area (Å²) in [6, 6.07) is 17.9. The van der Waals surface area contributed by atoms with E-state index >= 15 is 0 Å². The first-order valence-corrected chi connectivity index (χ1v) is 21.5. The molecule has 0 bridgehead atoms. The average Bonchev–Trinajstić information content (AvgIpc) is 3.38. The van der Waals surface area contributed by atoms with Crippen molar-refractivity contribution < 1.29 is 19.1 Å². The van der Waals surface area contributed by atoms with Gasteiger partial charge >= 0.3 is 64.8 Å². The molecule has 1 aliphatic rings. The minimum absolute atomic E-state index is 1.03. The molecule has 3 heteroatoms. The molecule has 2 nitrogen and oxygen atoms in total. The van der Waals surface area contributed by atoms with Gasteiger partial charge in [0, 0.05) is 22.3 Å². The summed E-state index contributed by atoms with van der Waals surface area (Å²) in [7, 11) is 0. The molecule has 0 N–H and O–H groups in total. The topological polar surface area (TPSA) is 25.3 Å². The van der Waals surface area contributed by atoms with Gasteiger partial charge in [-0.1, -0.05) is 110 Å². The van der Waals surface area contributed by atoms with Crippen molar-refractivity contribution in [2.24, 2.45) is 0 Å². The van der Waals surface area contributed by atoms with Crippen LogP contribution in [-0.4, -0.2) is 4.70 Å². The Morgan fingerprint density at radius 2 is 0.854 bits per heavy atom. The van der Waals surface area contributed by atoms with Gasteiger partial charge in [0.2, 0.25) is 11.4 Å². The van der Waals surface area contributed by atoms with Crippen LogP contribution in [-0.2, 0) is 27.3 Å². The van der Waals surface area contributed by atoms with E-state index in [9.17, 15) is 5.53 Å². The van der Waals surface area contributed by atoms with Crippen LogP contribution in [0.1, 0.15) is 186 Å². The van der Waals surface area contributed by atoms with E-state index in [0.717, 1.165) is 48.2 Å². The predicted octanol–water partition coefficient (Wildman–Crippen LogP) is 15.4. The molecule has 0 aliphatic carbocycles. The molecule has 0 radical (unpaired) electrons. The van der Waals surface area contributed by atoms with Crippen LogP contribution in [0.2, 0.25) is 10.8 Å². The summed E-state index contributed by atoms with van der Waals surface area (Å²) in [5.41, 5.74) is 21.9. The van der Waals surface area contributed by atoms with Crippen molar-refractivity contribution >= 4 is 11.4 Å². The van der Waals surface area contributed by atoms with E-state index < -0.39 is 0 Å². The Morgan fingerprint density at radius 3 is 1.27 bits per heavy atom. The second kappa shape index (κ2) is 26.8. The third-order valence-electron chi connectivity index (χ3n) is 9.36. The molecule has 48 heavy (non-hydrogen) atoms. The average molecular weight is 700 g/mol. The summed E-state index contributed by atoms with van der Waals surface area (Å²) in [5, 5.41) is 2.78. The van der Waals surface area contributed by atoms with E-state index in [1.807, 2.05) is 14.4 Å². The second-order valence-electron chi connectivity index (χ2n) is 13.7. The van der Waals surface area contributed by atoms with E-state index in [1.165, 1.54) is 142 Å². The van der Waals surface area contributed by atoms with Gasteiger partial charge in [-0.25, -0.2) is 4.70 Å². The predicted molar refractivity (Wildman–Crippen MR) is 209 cm³/mol. The van der Waals surface area contributed by atoms with Crippen LogP contribution in [0.5, 0.6) is 0 Å². The number of allylic oxidation sites excluding steroid dienone is 2. The van der Waals surface area contributed by atoms with Crippen molar-refractivity contribution in [1.29, 1.82) is 0 Å². The Morgan fingerprint density at radius 1 is 0.458 bits per heavy atom. The van der Waals surface area contributed by atoms with E-state index in [1.54, 1.807) is 4.70 Å². The number of rotatable bonds is 25. The molecule has 0 saturated heterocycles. The van der Waals surface area contributed by atoms with Gasteiger partial charge in [0.1, 0.15) is 0 Å². The maximum atomic E-state index is 12.0. The third kappa shape index (κ3) is 15.3. The standard InChI is InChI=1S/C37H54N2.2C4H9.Ni/c1-5-9-13-15-17-27-35-34(26-16-14-10-6-2)36(32-24-18-22-30(28-32)20-11-7-3)39(38)37(35)33-25-19-23-31(29-33)21-12-8-4;2*1-3-4-2;/h18-19,22-25,28-29H,5-17,20-21,26-27H2,1-4H3;2*1,3-4H2,2H3;. The monoisotopic (exact) mass is 699 g/mol. The summed E-state index contributed by atoms with van der Waals surface area (Å²) >= 11 is 1.94. The number of aryl methyl sites for hydroxylation is 2. The van der Waals surface area contributed by atoms with Crippen molar-refractivity contribution in [3.8, 4) is 0 Å². The van der Waals surface area contributed by atoms with E-state index in [4.69, 9.17) is 0 Å². The Bertz CT molecular complexity index is 1220. The van der Waals surface area contributed by atoms with Crippen LogP contribution in [0.3, 0.4) is 0 Å². The van der Waals surface area contributed by atoms with Crippen LogP contribution in [0.15, 0.2) is 59.7 Å². The number of unbranched alkanes of at least 4 members (excludes halogenated alkanes) is 11. The zero-order valence-corrected chi connectivity index (χ0v) is 33.1. The maximum absolute atomic E-state index is 12.0.